The molecule has 1 saturated heterocycles. The minimum Gasteiger partial charge on any atom is -0.507 e. The molecule has 3 rings (SSSR count). The van der Waals surface area contributed by atoms with Gasteiger partial charge in [-0.2, -0.15) is 5.10 Å². The molecule has 138 valence electrons. The van der Waals surface area contributed by atoms with E-state index in [2.05, 4.69) is 20.8 Å². The molecular formula is C18H15ClN4O3S. The van der Waals surface area contributed by atoms with Gasteiger partial charge in [-0.05, 0) is 36.4 Å². The number of hydrogen-bond acceptors (Lipinski definition) is 6. The number of carbonyl (C=O) groups is 2. The first-order valence-electron chi connectivity index (χ1n) is 7.93. The summed E-state index contributed by atoms with van der Waals surface area (Å²) in [4.78, 5) is 24.1. The molecule has 1 atom stereocenters. The second-order valence-corrected chi connectivity index (χ2v) is 7.19. The fourth-order valence-electron chi connectivity index (χ4n) is 2.24. The minimum absolute atomic E-state index is 0.00132. The van der Waals surface area contributed by atoms with Crippen molar-refractivity contribution in [2.75, 3.05) is 5.32 Å². The first kappa shape index (κ1) is 18.9. The number of hydrogen-bond donors (Lipinski definition) is 3. The molecule has 0 spiro atoms. The van der Waals surface area contributed by atoms with E-state index in [-0.39, 0.29) is 24.0 Å². The van der Waals surface area contributed by atoms with Crippen molar-refractivity contribution in [1.82, 2.24) is 5.32 Å². The van der Waals surface area contributed by atoms with Crippen LogP contribution in [0.5, 0.6) is 5.75 Å². The van der Waals surface area contributed by atoms with Crippen molar-refractivity contribution in [3.8, 4) is 5.75 Å². The Labute approximate surface area is 164 Å². The average molecular weight is 403 g/mol. The van der Waals surface area contributed by atoms with Crippen molar-refractivity contribution >= 4 is 52.2 Å². The largest absolute Gasteiger partial charge is 0.507 e. The summed E-state index contributed by atoms with van der Waals surface area (Å²) in [7, 11) is 0. The lowest BCUT2D eigenvalue weighted by molar-refractivity contribution is -0.122. The summed E-state index contributed by atoms with van der Waals surface area (Å²) in [5.41, 5.74) is 1.11. The molecule has 2 amide bonds. The highest BCUT2D eigenvalue weighted by Gasteiger charge is 2.32. The molecule has 0 bridgehead atoms. The summed E-state index contributed by atoms with van der Waals surface area (Å²) < 4.78 is 0. The Morgan fingerprint density at radius 2 is 2.00 bits per heavy atom. The number of benzene rings is 2. The average Bonchev–Trinajstić information content (AvgIpc) is 2.98. The van der Waals surface area contributed by atoms with Gasteiger partial charge in [-0.1, -0.05) is 35.5 Å². The molecule has 1 aliphatic heterocycles. The zero-order chi connectivity index (χ0) is 19.2. The van der Waals surface area contributed by atoms with Crippen LogP contribution in [0.15, 0.2) is 58.7 Å². The van der Waals surface area contributed by atoms with Gasteiger partial charge in [0.1, 0.15) is 11.0 Å². The molecule has 1 heterocycles. The maximum Gasteiger partial charge on any atom is 0.240 e. The van der Waals surface area contributed by atoms with Crippen LogP contribution in [0.3, 0.4) is 0 Å². The van der Waals surface area contributed by atoms with E-state index in [1.165, 1.54) is 12.3 Å². The van der Waals surface area contributed by atoms with Crippen LogP contribution < -0.4 is 10.6 Å². The number of amidine groups is 1. The lowest BCUT2D eigenvalue weighted by atomic mass is 10.2. The van der Waals surface area contributed by atoms with E-state index in [1.54, 1.807) is 42.5 Å². The van der Waals surface area contributed by atoms with Crippen molar-refractivity contribution in [3.05, 3.63) is 59.1 Å². The summed E-state index contributed by atoms with van der Waals surface area (Å²) in [6.45, 7) is 0. The molecule has 0 aliphatic carbocycles. The van der Waals surface area contributed by atoms with Gasteiger partial charge in [-0.15, -0.1) is 5.10 Å². The number of amides is 2. The van der Waals surface area contributed by atoms with Crippen molar-refractivity contribution in [1.29, 1.82) is 0 Å². The third-order valence-electron chi connectivity index (χ3n) is 3.56. The zero-order valence-electron chi connectivity index (χ0n) is 13.9. The molecule has 27 heavy (non-hydrogen) atoms. The number of phenols is 1. The van der Waals surface area contributed by atoms with Crippen LogP contribution in [-0.4, -0.2) is 33.6 Å². The summed E-state index contributed by atoms with van der Waals surface area (Å²) in [6.07, 6.45) is 1.39. The third-order valence-corrected chi connectivity index (χ3v) is 4.88. The van der Waals surface area contributed by atoms with Gasteiger partial charge in [0.2, 0.25) is 11.8 Å². The van der Waals surface area contributed by atoms with E-state index in [1.807, 2.05) is 0 Å². The van der Waals surface area contributed by atoms with Crippen molar-refractivity contribution in [2.45, 2.75) is 11.7 Å². The summed E-state index contributed by atoms with van der Waals surface area (Å²) in [5.74, 6) is -0.506. The number of anilines is 1. The number of thioether (sulfide) groups is 1. The minimum atomic E-state index is -0.587. The predicted octanol–water partition coefficient (Wildman–Crippen LogP) is 3.00. The van der Waals surface area contributed by atoms with E-state index in [0.717, 1.165) is 11.8 Å². The maximum absolute atomic E-state index is 12.1. The Bertz CT molecular complexity index is 915. The van der Waals surface area contributed by atoms with Gasteiger partial charge in [-0.3, -0.25) is 9.59 Å². The second-order valence-electron chi connectivity index (χ2n) is 5.56. The number of phenolic OH excluding ortho intramolecular Hbond substituents is 1. The molecule has 2 aromatic carbocycles. The van der Waals surface area contributed by atoms with Crippen LogP contribution in [0.1, 0.15) is 12.0 Å². The van der Waals surface area contributed by atoms with E-state index < -0.39 is 5.25 Å². The molecule has 3 N–H and O–H groups in total. The Kier molecular flexibility index (Phi) is 6.10. The summed E-state index contributed by atoms with van der Waals surface area (Å²) >= 11 is 6.93. The maximum atomic E-state index is 12.1. The number of halogens is 1. The van der Waals surface area contributed by atoms with Gasteiger partial charge in [0.05, 0.1) is 6.21 Å². The van der Waals surface area contributed by atoms with Crippen LogP contribution in [0.2, 0.25) is 5.02 Å². The topological polar surface area (TPSA) is 103 Å². The Hall–Kier alpha value is -2.84. The van der Waals surface area contributed by atoms with Crippen LogP contribution in [0.4, 0.5) is 5.69 Å². The fourth-order valence-corrected chi connectivity index (χ4v) is 3.29. The normalized spacial score (nSPS) is 18.0. The van der Waals surface area contributed by atoms with Crippen LogP contribution in [0, 0.1) is 0 Å². The Morgan fingerprint density at radius 3 is 2.74 bits per heavy atom. The first-order valence-corrected chi connectivity index (χ1v) is 9.19. The summed E-state index contributed by atoms with van der Waals surface area (Å²) in [6, 6.07) is 13.4. The number of carbonyl (C=O) groups excluding carboxylic acids is 2. The Morgan fingerprint density at radius 1 is 1.26 bits per heavy atom. The Balaban J connectivity index is 1.56. The molecule has 1 fully saturated rings. The molecular weight excluding hydrogens is 388 g/mol. The molecule has 2 aromatic rings. The lowest BCUT2D eigenvalue weighted by Gasteiger charge is -2.07. The van der Waals surface area contributed by atoms with Gasteiger partial charge in [-0.25, -0.2) is 0 Å². The smallest absolute Gasteiger partial charge is 0.240 e. The number of nitrogens with one attached hydrogen (secondary N) is 2. The van der Waals surface area contributed by atoms with Crippen LogP contribution >= 0.6 is 23.4 Å². The summed E-state index contributed by atoms with van der Waals surface area (Å²) in [5, 5.41) is 23.0. The number of rotatable bonds is 5. The molecule has 0 radical (unpaired) electrons. The van der Waals surface area contributed by atoms with Crippen molar-refractivity contribution in [2.24, 2.45) is 10.2 Å². The number of nitrogens with zero attached hydrogens (tertiary/aromatic N) is 2. The molecule has 9 heteroatoms. The monoisotopic (exact) mass is 402 g/mol. The highest BCUT2D eigenvalue weighted by atomic mass is 35.5. The second kappa shape index (κ2) is 8.70. The van der Waals surface area contributed by atoms with Gasteiger partial charge in [0, 0.05) is 22.7 Å². The predicted molar refractivity (Wildman–Crippen MR) is 107 cm³/mol. The highest BCUT2D eigenvalue weighted by Crippen LogP contribution is 2.23. The third kappa shape index (κ3) is 5.32. The van der Waals surface area contributed by atoms with Gasteiger partial charge < -0.3 is 15.7 Å². The molecule has 0 aromatic heterocycles. The van der Waals surface area contributed by atoms with Gasteiger partial charge in [0.25, 0.3) is 0 Å². The molecule has 1 unspecified atom stereocenters. The van der Waals surface area contributed by atoms with Crippen molar-refractivity contribution < 1.29 is 14.7 Å². The standard InChI is InChI=1S/C18H15ClN4O3S/c19-12-5-7-13(8-6-12)21-16(25)9-15-17(26)22-18(27-15)23-20-10-11-3-1-2-4-14(11)24/h1-8,10,15,24H,9H2,(H,21,25)(H,22,23,26). The highest BCUT2D eigenvalue weighted by molar-refractivity contribution is 8.15. The van der Waals surface area contributed by atoms with E-state index >= 15 is 0 Å². The molecule has 0 saturated carbocycles. The van der Waals surface area contributed by atoms with E-state index in [4.69, 9.17) is 11.6 Å². The zero-order valence-corrected chi connectivity index (χ0v) is 15.5. The first-order chi connectivity index (χ1) is 13.0. The van der Waals surface area contributed by atoms with Crippen molar-refractivity contribution in [3.63, 3.8) is 0 Å². The lowest BCUT2D eigenvalue weighted by Crippen LogP contribution is -2.28. The van der Waals surface area contributed by atoms with Crippen LogP contribution in [0.25, 0.3) is 0 Å². The van der Waals surface area contributed by atoms with Gasteiger partial charge >= 0.3 is 0 Å². The fraction of sp³-hybridized carbons (Fsp3) is 0.111. The SMILES string of the molecule is O=C(CC1SC(=NN=Cc2ccccc2O)NC1=O)Nc1ccc(Cl)cc1. The molecule has 1 aliphatic rings. The quantitative estimate of drug-likeness (QED) is 0.528. The number of aromatic hydroxyl groups is 1. The van der Waals surface area contributed by atoms with E-state index in [9.17, 15) is 14.7 Å². The van der Waals surface area contributed by atoms with E-state index in [0.29, 0.717) is 21.4 Å². The molecule has 7 nitrogen and oxygen atoms in total. The van der Waals surface area contributed by atoms with Crippen LogP contribution in [-0.2, 0) is 9.59 Å². The van der Waals surface area contributed by atoms with Gasteiger partial charge in [0.15, 0.2) is 5.17 Å². The number of para-hydroxylation sites is 1.